The quantitative estimate of drug-likeness (QED) is 0.879. The maximum absolute atomic E-state index is 13.4. The van der Waals surface area contributed by atoms with Crippen molar-refractivity contribution in [2.75, 3.05) is 0 Å². The zero-order valence-electron chi connectivity index (χ0n) is 9.97. The molecule has 1 aromatic carbocycles. The summed E-state index contributed by atoms with van der Waals surface area (Å²) in [6, 6.07) is 2.68. The first-order valence-corrected chi connectivity index (χ1v) is 6.46. The summed E-state index contributed by atoms with van der Waals surface area (Å²) < 4.78 is 13.4. The lowest BCUT2D eigenvalue weighted by Gasteiger charge is -2.10. The number of pyridine rings is 1. The molecule has 1 saturated carbocycles. The van der Waals surface area contributed by atoms with Crippen LogP contribution in [0.1, 0.15) is 31.2 Å². The van der Waals surface area contributed by atoms with E-state index in [9.17, 15) is 9.18 Å². The number of benzene rings is 1. The molecule has 0 aliphatic heterocycles. The normalized spacial score (nSPS) is 17.1. The largest absolute Gasteiger partial charge is 0.361 e. The maximum atomic E-state index is 13.4. The average Bonchev–Trinajstić information content (AvgIpc) is 3.16. The second kappa shape index (κ2) is 4.09. The molecule has 0 bridgehead atoms. The van der Waals surface area contributed by atoms with E-state index >= 15 is 0 Å². The van der Waals surface area contributed by atoms with E-state index in [1.165, 1.54) is 25.0 Å². The molecule has 0 saturated heterocycles. The number of H-pyrrole nitrogens is 1. The van der Waals surface area contributed by atoms with Crippen LogP contribution in [0.15, 0.2) is 23.1 Å². The summed E-state index contributed by atoms with van der Waals surface area (Å²) in [6.07, 6.45) is 4.09. The molecule has 1 N–H and O–H groups in total. The van der Waals surface area contributed by atoms with Gasteiger partial charge in [0.25, 0.3) is 0 Å². The molecule has 1 unspecified atom stereocenters. The fourth-order valence-corrected chi connectivity index (χ4v) is 2.58. The molecule has 2 nitrogen and oxygen atoms in total. The van der Waals surface area contributed by atoms with Gasteiger partial charge in [-0.25, -0.2) is 4.39 Å². The minimum absolute atomic E-state index is 0.0288. The number of hydrogen-bond donors (Lipinski definition) is 1. The zero-order chi connectivity index (χ0) is 12.9. The third-order valence-electron chi connectivity index (χ3n) is 3.77. The van der Waals surface area contributed by atoms with Crippen LogP contribution in [0.4, 0.5) is 4.39 Å². The van der Waals surface area contributed by atoms with Crippen LogP contribution in [-0.2, 0) is 0 Å². The van der Waals surface area contributed by atoms with E-state index in [1.807, 2.05) is 0 Å². The zero-order valence-corrected chi connectivity index (χ0v) is 10.7. The number of halogens is 2. The van der Waals surface area contributed by atoms with Crippen LogP contribution >= 0.6 is 11.6 Å². The molecule has 0 radical (unpaired) electrons. The summed E-state index contributed by atoms with van der Waals surface area (Å²) in [6.45, 7) is 2.06. The van der Waals surface area contributed by atoms with Crippen molar-refractivity contribution in [2.24, 2.45) is 5.92 Å². The van der Waals surface area contributed by atoms with Crippen LogP contribution < -0.4 is 5.43 Å². The van der Waals surface area contributed by atoms with Crippen molar-refractivity contribution in [3.8, 4) is 0 Å². The maximum Gasteiger partial charge on any atom is 0.192 e. The molecule has 1 heterocycles. The summed E-state index contributed by atoms with van der Waals surface area (Å²) in [4.78, 5) is 15.4. The molecular formula is C14H13ClFNO. The second-order valence-electron chi connectivity index (χ2n) is 5.01. The number of hydrogen-bond acceptors (Lipinski definition) is 1. The Hall–Kier alpha value is -1.35. The molecular weight excluding hydrogens is 253 g/mol. The lowest BCUT2D eigenvalue weighted by molar-refractivity contribution is 0.629. The predicted octanol–water partition coefficient (Wildman–Crippen LogP) is 3.83. The minimum Gasteiger partial charge on any atom is -0.361 e. The van der Waals surface area contributed by atoms with E-state index in [2.05, 4.69) is 11.9 Å². The van der Waals surface area contributed by atoms with Crippen molar-refractivity contribution < 1.29 is 4.39 Å². The van der Waals surface area contributed by atoms with Crippen LogP contribution in [0.5, 0.6) is 0 Å². The summed E-state index contributed by atoms with van der Waals surface area (Å²) >= 11 is 5.71. The highest BCUT2D eigenvalue weighted by molar-refractivity contribution is 6.31. The van der Waals surface area contributed by atoms with Gasteiger partial charge in [0.05, 0.1) is 10.5 Å². The molecule has 3 rings (SSSR count). The molecule has 94 valence electrons. The Kier molecular flexibility index (Phi) is 2.67. The van der Waals surface area contributed by atoms with Gasteiger partial charge in [-0.1, -0.05) is 18.5 Å². The SMILES string of the molecule is CC(c1c[nH]c2cc(Cl)c(F)cc2c1=O)C1CC1. The smallest absolute Gasteiger partial charge is 0.192 e. The van der Waals surface area contributed by atoms with Crippen LogP contribution in [0.25, 0.3) is 10.9 Å². The van der Waals surface area contributed by atoms with Gasteiger partial charge < -0.3 is 4.98 Å². The van der Waals surface area contributed by atoms with Gasteiger partial charge in [0.2, 0.25) is 0 Å². The highest BCUT2D eigenvalue weighted by atomic mass is 35.5. The van der Waals surface area contributed by atoms with Crippen LogP contribution in [-0.4, -0.2) is 4.98 Å². The number of nitrogens with one attached hydrogen (secondary N) is 1. The number of fused-ring (bicyclic) bond motifs is 1. The highest BCUT2D eigenvalue weighted by Gasteiger charge is 2.30. The van der Waals surface area contributed by atoms with Gasteiger partial charge in [0.15, 0.2) is 5.43 Å². The van der Waals surface area contributed by atoms with Crippen LogP contribution in [0.3, 0.4) is 0 Å². The van der Waals surface area contributed by atoms with Crippen molar-refractivity contribution in [3.63, 3.8) is 0 Å². The Morgan fingerprint density at radius 2 is 2.17 bits per heavy atom. The Labute approximate surface area is 109 Å². The average molecular weight is 266 g/mol. The van der Waals surface area contributed by atoms with Gasteiger partial charge in [0.1, 0.15) is 5.82 Å². The molecule has 1 aliphatic rings. The summed E-state index contributed by atoms with van der Waals surface area (Å²) in [5.41, 5.74) is 1.24. The molecule has 1 aromatic heterocycles. The standard InChI is InChI=1S/C14H13ClFNO/c1-7(8-2-3-8)10-6-17-13-5-11(15)12(16)4-9(13)14(10)18/h4-8H,2-3H2,1H3,(H,17,18). The molecule has 1 atom stereocenters. The van der Waals surface area contributed by atoms with Crippen molar-refractivity contribution in [2.45, 2.75) is 25.7 Å². The predicted molar refractivity (Wildman–Crippen MR) is 70.7 cm³/mol. The van der Waals surface area contributed by atoms with E-state index in [0.717, 1.165) is 5.56 Å². The first-order chi connectivity index (χ1) is 8.58. The third-order valence-corrected chi connectivity index (χ3v) is 4.06. The Bertz CT molecular complexity index is 675. The van der Waals surface area contributed by atoms with Gasteiger partial charge in [-0.05, 0) is 36.8 Å². The highest BCUT2D eigenvalue weighted by Crippen LogP contribution is 2.41. The Morgan fingerprint density at radius 1 is 1.44 bits per heavy atom. The first-order valence-electron chi connectivity index (χ1n) is 6.08. The van der Waals surface area contributed by atoms with Crippen molar-refractivity contribution >= 4 is 22.5 Å². The fourth-order valence-electron chi connectivity index (χ4n) is 2.42. The summed E-state index contributed by atoms with van der Waals surface area (Å²) in [5.74, 6) is 0.281. The molecule has 0 amide bonds. The van der Waals surface area contributed by atoms with Crippen LogP contribution in [0.2, 0.25) is 5.02 Å². The fraction of sp³-hybridized carbons (Fsp3) is 0.357. The minimum atomic E-state index is -0.550. The lowest BCUT2D eigenvalue weighted by Crippen LogP contribution is -2.14. The number of aromatic nitrogens is 1. The molecule has 1 fully saturated rings. The number of rotatable bonds is 2. The van der Waals surface area contributed by atoms with Crippen molar-refractivity contribution in [3.05, 3.63) is 45.0 Å². The topological polar surface area (TPSA) is 32.9 Å². The van der Waals surface area contributed by atoms with Gasteiger partial charge >= 0.3 is 0 Å². The molecule has 1 aliphatic carbocycles. The van der Waals surface area contributed by atoms with Gasteiger partial charge in [-0.15, -0.1) is 0 Å². The molecule has 0 spiro atoms. The Morgan fingerprint density at radius 3 is 2.83 bits per heavy atom. The summed E-state index contributed by atoms with van der Waals surface area (Å²) in [5, 5.41) is 0.406. The van der Waals surface area contributed by atoms with Crippen molar-refractivity contribution in [1.29, 1.82) is 0 Å². The molecule has 18 heavy (non-hydrogen) atoms. The van der Waals surface area contributed by atoms with Gasteiger partial charge in [-0.2, -0.15) is 0 Å². The van der Waals surface area contributed by atoms with Gasteiger partial charge in [-0.3, -0.25) is 4.79 Å². The van der Waals surface area contributed by atoms with Gasteiger partial charge in [0, 0.05) is 17.1 Å². The Balaban J connectivity index is 2.21. The first kappa shape index (κ1) is 11.7. The van der Waals surface area contributed by atoms with Crippen LogP contribution in [0, 0.1) is 11.7 Å². The molecule has 4 heteroatoms. The number of aromatic amines is 1. The van der Waals surface area contributed by atoms with E-state index in [1.54, 1.807) is 6.20 Å². The molecule has 2 aromatic rings. The summed E-state index contributed by atoms with van der Waals surface area (Å²) in [7, 11) is 0. The van der Waals surface area contributed by atoms with E-state index < -0.39 is 5.82 Å². The van der Waals surface area contributed by atoms with E-state index in [0.29, 0.717) is 16.8 Å². The van der Waals surface area contributed by atoms with Crippen molar-refractivity contribution in [1.82, 2.24) is 4.98 Å². The monoisotopic (exact) mass is 265 g/mol. The van der Waals surface area contributed by atoms with E-state index in [-0.39, 0.29) is 16.4 Å². The third kappa shape index (κ3) is 1.83. The van der Waals surface area contributed by atoms with E-state index in [4.69, 9.17) is 11.6 Å². The lowest BCUT2D eigenvalue weighted by atomic mass is 9.96. The second-order valence-corrected chi connectivity index (χ2v) is 5.42.